The second-order valence-electron chi connectivity index (χ2n) is 8.14. The number of aliphatic hydroxyl groups excluding tert-OH is 1. The number of Topliss-reactive ketones (excluding diaryl/α,β-unsaturated/α-hetero) is 1. The Morgan fingerprint density at radius 2 is 1.62 bits per heavy atom. The van der Waals surface area contributed by atoms with Crippen LogP contribution in [0.1, 0.15) is 43.4 Å². The van der Waals surface area contributed by atoms with Gasteiger partial charge in [0, 0.05) is 11.3 Å². The quantitative estimate of drug-likeness (QED) is 0.194. The Morgan fingerprint density at radius 3 is 2.26 bits per heavy atom. The normalized spacial score (nSPS) is 17.2. The molecular formula is C28H26FNO4. The minimum atomic E-state index is -0.850. The van der Waals surface area contributed by atoms with Crippen molar-refractivity contribution in [1.29, 1.82) is 0 Å². The molecule has 0 aliphatic carbocycles. The zero-order valence-electron chi connectivity index (χ0n) is 18.9. The molecule has 1 aliphatic heterocycles. The van der Waals surface area contributed by atoms with Crippen LogP contribution in [0.3, 0.4) is 0 Å². The topological polar surface area (TPSA) is 66.8 Å². The maximum Gasteiger partial charge on any atom is 0.300 e. The minimum Gasteiger partial charge on any atom is -0.507 e. The summed E-state index contributed by atoms with van der Waals surface area (Å²) in [5, 5.41) is 11.2. The van der Waals surface area contributed by atoms with Crippen molar-refractivity contribution >= 4 is 23.1 Å². The number of ketones is 1. The molecule has 0 spiro atoms. The van der Waals surface area contributed by atoms with Crippen molar-refractivity contribution in [2.24, 2.45) is 0 Å². The van der Waals surface area contributed by atoms with E-state index in [0.29, 0.717) is 29.2 Å². The number of hydrogen-bond acceptors (Lipinski definition) is 4. The fourth-order valence-corrected chi connectivity index (χ4v) is 4.06. The van der Waals surface area contributed by atoms with E-state index in [1.54, 1.807) is 48.5 Å². The smallest absolute Gasteiger partial charge is 0.300 e. The van der Waals surface area contributed by atoms with E-state index in [-0.39, 0.29) is 11.3 Å². The molecule has 1 unspecified atom stereocenters. The van der Waals surface area contributed by atoms with Gasteiger partial charge in [-0.1, -0.05) is 50.1 Å². The average molecular weight is 460 g/mol. The van der Waals surface area contributed by atoms with Crippen LogP contribution in [0, 0.1) is 5.82 Å². The van der Waals surface area contributed by atoms with Gasteiger partial charge in [0.1, 0.15) is 17.3 Å². The summed E-state index contributed by atoms with van der Waals surface area (Å²) in [6, 6.07) is 20.3. The predicted molar refractivity (Wildman–Crippen MR) is 129 cm³/mol. The maximum atomic E-state index is 13.5. The van der Waals surface area contributed by atoms with Gasteiger partial charge in [0.05, 0.1) is 18.2 Å². The Hall–Kier alpha value is -3.93. The summed E-state index contributed by atoms with van der Waals surface area (Å²) in [6.07, 6.45) is 3.16. The third-order valence-corrected chi connectivity index (χ3v) is 5.81. The van der Waals surface area contributed by atoms with Gasteiger partial charge in [0.15, 0.2) is 0 Å². The molecule has 1 aliphatic rings. The van der Waals surface area contributed by atoms with Crippen molar-refractivity contribution in [3.05, 3.63) is 101 Å². The van der Waals surface area contributed by atoms with E-state index in [1.807, 2.05) is 6.07 Å². The number of nitrogens with zero attached hydrogens (tertiary/aromatic N) is 1. The lowest BCUT2D eigenvalue weighted by Gasteiger charge is -2.25. The SMILES string of the molecule is CCCCCOc1ccc(/C(O)=C2\C(=O)C(=O)N(c3ccc(F)cc3)C2c2ccccc2)cc1. The molecule has 1 saturated heterocycles. The molecule has 1 fully saturated rings. The van der Waals surface area contributed by atoms with E-state index in [9.17, 15) is 19.1 Å². The van der Waals surface area contributed by atoms with Gasteiger partial charge in [0.2, 0.25) is 0 Å². The molecule has 0 aromatic heterocycles. The van der Waals surface area contributed by atoms with Crippen LogP contribution < -0.4 is 9.64 Å². The average Bonchev–Trinajstić information content (AvgIpc) is 3.13. The van der Waals surface area contributed by atoms with Crippen LogP contribution >= 0.6 is 0 Å². The van der Waals surface area contributed by atoms with Crippen LogP contribution in [0.15, 0.2) is 84.4 Å². The molecule has 0 saturated carbocycles. The molecule has 4 rings (SSSR count). The largest absolute Gasteiger partial charge is 0.507 e. The van der Waals surface area contributed by atoms with Crippen LogP contribution in [-0.4, -0.2) is 23.4 Å². The molecular weight excluding hydrogens is 433 g/mol. The molecule has 1 atom stereocenters. The highest BCUT2D eigenvalue weighted by Crippen LogP contribution is 2.42. The molecule has 1 heterocycles. The highest BCUT2D eigenvalue weighted by molar-refractivity contribution is 6.51. The molecule has 34 heavy (non-hydrogen) atoms. The summed E-state index contributed by atoms with van der Waals surface area (Å²) in [4.78, 5) is 27.5. The van der Waals surface area contributed by atoms with E-state index in [4.69, 9.17) is 4.74 Å². The Bertz CT molecular complexity index is 1190. The summed E-state index contributed by atoms with van der Waals surface area (Å²) >= 11 is 0. The Kier molecular flexibility index (Phi) is 7.07. The van der Waals surface area contributed by atoms with Crippen LogP contribution in [0.4, 0.5) is 10.1 Å². The van der Waals surface area contributed by atoms with Crippen LogP contribution in [0.5, 0.6) is 5.75 Å². The Balaban J connectivity index is 1.73. The molecule has 1 amide bonds. The number of ether oxygens (including phenoxy) is 1. The van der Waals surface area contributed by atoms with E-state index in [0.717, 1.165) is 19.3 Å². The summed E-state index contributed by atoms with van der Waals surface area (Å²) < 4.78 is 19.2. The summed E-state index contributed by atoms with van der Waals surface area (Å²) in [5.74, 6) is -1.63. The lowest BCUT2D eigenvalue weighted by atomic mass is 9.95. The second-order valence-corrected chi connectivity index (χ2v) is 8.14. The number of aliphatic hydroxyl groups is 1. The number of anilines is 1. The van der Waals surface area contributed by atoms with Crippen molar-refractivity contribution in [1.82, 2.24) is 0 Å². The Morgan fingerprint density at radius 1 is 0.941 bits per heavy atom. The monoisotopic (exact) mass is 459 g/mol. The molecule has 174 valence electrons. The van der Waals surface area contributed by atoms with Gasteiger partial charge in [-0.05, 0) is 60.5 Å². The maximum absolute atomic E-state index is 13.5. The van der Waals surface area contributed by atoms with Gasteiger partial charge in [0.25, 0.3) is 11.7 Å². The fourth-order valence-electron chi connectivity index (χ4n) is 4.06. The van der Waals surface area contributed by atoms with Crippen LogP contribution in [0.2, 0.25) is 0 Å². The number of unbranched alkanes of at least 4 members (excludes halogenated alkanes) is 2. The number of amides is 1. The van der Waals surface area contributed by atoms with E-state index in [2.05, 4.69) is 6.92 Å². The number of carbonyl (C=O) groups excluding carboxylic acids is 2. The molecule has 0 bridgehead atoms. The van der Waals surface area contributed by atoms with Gasteiger partial charge in [-0.25, -0.2) is 4.39 Å². The molecule has 3 aromatic carbocycles. The predicted octanol–water partition coefficient (Wildman–Crippen LogP) is 6.02. The number of hydrogen-bond donors (Lipinski definition) is 1. The zero-order valence-corrected chi connectivity index (χ0v) is 18.9. The van der Waals surface area contributed by atoms with Gasteiger partial charge in [-0.2, -0.15) is 0 Å². The first-order valence-corrected chi connectivity index (χ1v) is 11.4. The van der Waals surface area contributed by atoms with E-state index < -0.39 is 23.5 Å². The lowest BCUT2D eigenvalue weighted by molar-refractivity contribution is -0.132. The number of rotatable bonds is 8. The second kappa shape index (κ2) is 10.3. The summed E-state index contributed by atoms with van der Waals surface area (Å²) in [5.41, 5.74) is 1.41. The van der Waals surface area contributed by atoms with Gasteiger partial charge in [-0.3, -0.25) is 14.5 Å². The van der Waals surface area contributed by atoms with Crippen molar-refractivity contribution in [2.45, 2.75) is 32.2 Å². The first kappa shape index (κ1) is 23.2. The molecule has 1 N–H and O–H groups in total. The minimum absolute atomic E-state index is 0.0165. The molecule has 3 aromatic rings. The molecule has 0 radical (unpaired) electrons. The summed E-state index contributed by atoms with van der Waals surface area (Å²) in [6.45, 7) is 2.73. The number of benzene rings is 3. The number of halogens is 1. The number of carbonyl (C=O) groups is 2. The van der Waals surface area contributed by atoms with Gasteiger partial charge in [-0.15, -0.1) is 0 Å². The highest BCUT2D eigenvalue weighted by atomic mass is 19.1. The third kappa shape index (κ3) is 4.71. The summed E-state index contributed by atoms with van der Waals surface area (Å²) in [7, 11) is 0. The van der Waals surface area contributed by atoms with Crippen LogP contribution in [0.25, 0.3) is 5.76 Å². The lowest BCUT2D eigenvalue weighted by Crippen LogP contribution is -2.29. The van der Waals surface area contributed by atoms with Crippen molar-refractivity contribution < 1.29 is 23.8 Å². The molecule has 5 nitrogen and oxygen atoms in total. The van der Waals surface area contributed by atoms with E-state index >= 15 is 0 Å². The molecule has 6 heteroatoms. The first-order chi connectivity index (χ1) is 16.5. The standard InChI is InChI=1S/C28H26FNO4/c1-2-3-7-18-34-23-16-10-20(11-17-23)26(31)24-25(19-8-5-4-6-9-19)30(28(33)27(24)32)22-14-12-21(29)13-15-22/h4-6,8-17,25,31H,2-3,7,18H2,1H3/b26-24+. The van der Waals surface area contributed by atoms with Gasteiger partial charge >= 0.3 is 0 Å². The zero-order chi connectivity index (χ0) is 24.1. The van der Waals surface area contributed by atoms with Crippen molar-refractivity contribution in [3.8, 4) is 5.75 Å². The fraction of sp³-hybridized carbons (Fsp3) is 0.214. The van der Waals surface area contributed by atoms with Gasteiger partial charge < -0.3 is 9.84 Å². The van der Waals surface area contributed by atoms with E-state index in [1.165, 1.54) is 29.2 Å². The van der Waals surface area contributed by atoms with Crippen molar-refractivity contribution in [2.75, 3.05) is 11.5 Å². The van der Waals surface area contributed by atoms with Crippen LogP contribution in [-0.2, 0) is 9.59 Å². The first-order valence-electron chi connectivity index (χ1n) is 11.4. The Labute approximate surface area is 198 Å². The van der Waals surface area contributed by atoms with Crippen molar-refractivity contribution in [3.63, 3.8) is 0 Å². The highest BCUT2D eigenvalue weighted by Gasteiger charge is 2.46. The third-order valence-electron chi connectivity index (χ3n) is 5.81.